The summed E-state index contributed by atoms with van der Waals surface area (Å²) in [4.78, 5) is 34.9. The van der Waals surface area contributed by atoms with Gasteiger partial charge in [0, 0.05) is 19.2 Å². The van der Waals surface area contributed by atoms with Gasteiger partial charge in [-0.3, -0.25) is 4.57 Å². The normalized spacial score (nSPS) is 16.3. The number of carbonyl (C=O) groups is 1. The minimum Gasteiger partial charge on any atom is -0.470 e. The largest absolute Gasteiger partial charge is 0.491 e. The van der Waals surface area contributed by atoms with Crippen LogP contribution in [0.3, 0.4) is 0 Å². The zero-order chi connectivity index (χ0) is 24.5. The van der Waals surface area contributed by atoms with Crippen LogP contribution in [0.1, 0.15) is 6.92 Å². The second-order valence-corrected chi connectivity index (χ2v) is 7.07. The Morgan fingerprint density at radius 1 is 1.38 bits per heavy atom. The monoisotopic (exact) mass is 480 g/mol. The lowest BCUT2D eigenvalue weighted by Gasteiger charge is -2.36. The Hall–Kier alpha value is -3.99. The van der Waals surface area contributed by atoms with Gasteiger partial charge in [0.05, 0.1) is 32.1 Å². The standard InChI is InChI=1S/C20H19F3N6O5/c1-3-4-7-28-14-15(27-8-6-24-10-13(27)34-17(30)20(21,22)23)25-18(32-2)26-16(14)29(19(28)31)12-5-9-33-11-12/h5,9,11,13,24H,6-8,10H2,1-2H3. The molecule has 0 spiro atoms. The smallest absolute Gasteiger partial charge is 0.470 e. The van der Waals surface area contributed by atoms with Crippen LogP contribution in [0.2, 0.25) is 0 Å². The van der Waals surface area contributed by atoms with Gasteiger partial charge in [-0.05, 0) is 6.92 Å². The van der Waals surface area contributed by atoms with Gasteiger partial charge < -0.3 is 24.1 Å². The Morgan fingerprint density at radius 3 is 2.82 bits per heavy atom. The molecule has 1 atom stereocenters. The zero-order valence-electron chi connectivity index (χ0n) is 18.0. The van der Waals surface area contributed by atoms with Crippen LogP contribution in [0, 0.1) is 11.8 Å². The number of fused-ring (bicyclic) bond motifs is 1. The summed E-state index contributed by atoms with van der Waals surface area (Å²) in [5.41, 5.74) is 0.141. The van der Waals surface area contributed by atoms with Crippen molar-refractivity contribution in [2.75, 3.05) is 31.6 Å². The number of aromatic nitrogens is 4. The number of hydrogen-bond donors (Lipinski definition) is 1. The van der Waals surface area contributed by atoms with E-state index in [0.29, 0.717) is 12.2 Å². The Morgan fingerprint density at radius 2 is 2.18 bits per heavy atom. The number of esters is 1. The first-order valence-electron chi connectivity index (χ1n) is 10.0. The number of nitrogens with zero attached hydrogens (tertiary/aromatic N) is 5. The molecule has 0 bridgehead atoms. The number of imidazole rings is 1. The molecule has 0 aromatic carbocycles. The van der Waals surface area contributed by atoms with Gasteiger partial charge in [-0.1, -0.05) is 5.92 Å². The minimum atomic E-state index is -5.18. The van der Waals surface area contributed by atoms with Crippen molar-refractivity contribution < 1.29 is 31.9 Å². The molecule has 1 saturated heterocycles. The quantitative estimate of drug-likeness (QED) is 0.422. The topological polar surface area (TPSA) is 117 Å². The van der Waals surface area contributed by atoms with Gasteiger partial charge >= 0.3 is 23.8 Å². The van der Waals surface area contributed by atoms with Crippen molar-refractivity contribution in [1.29, 1.82) is 0 Å². The fourth-order valence-corrected chi connectivity index (χ4v) is 3.55. The maximum Gasteiger partial charge on any atom is 0.491 e. The van der Waals surface area contributed by atoms with E-state index < -0.39 is 24.1 Å². The first-order chi connectivity index (χ1) is 16.3. The number of rotatable bonds is 5. The maximum absolute atomic E-state index is 13.4. The summed E-state index contributed by atoms with van der Waals surface area (Å²) in [5, 5.41) is 2.89. The van der Waals surface area contributed by atoms with Gasteiger partial charge in [0.1, 0.15) is 11.8 Å². The average Bonchev–Trinajstić information content (AvgIpc) is 3.42. The van der Waals surface area contributed by atoms with Crippen LogP contribution < -0.4 is 20.6 Å². The Bertz CT molecular complexity index is 1320. The van der Waals surface area contributed by atoms with Gasteiger partial charge in [-0.25, -0.2) is 14.2 Å². The number of methoxy groups -OCH3 is 1. The zero-order valence-corrected chi connectivity index (χ0v) is 18.0. The number of ether oxygens (including phenoxy) is 2. The molecule has 1 N–H and O–H groups in total. The van der Waals surface area contributed by atoms with E-state index in [1.807, 2.05) is 0 Å². The third-order valence-electron chi connectivity index (χ3n) is 5.03. The molecule has 3 aromatic rings. The van der Waals surface area contributed by atoms with Crippen molar-refractivity contribution in [2.45, 2.75) is 25.9 Å². The van der Waals surface area contributed by atoms with Gasteiger partial charge in [0.25, 0.3) is 0 Å². The Kier molecular flexibility index (Phi) is 6.20. The summed E-state index contributed by atoms with van der Waals surface area (Å²) in [7, 11) is 1.31. The molecular formula is C20H19F3N6O5. The van der Waals surface area contributed by atoms with Crippen LogP contribution in [0.5, 0.6) is 6.01 Å². The minimum absolute atomic E-state index is 0.0432. The van der Waals surface area contributed by atoms with E-state index in [2.05, 4.69) is 27.1 Å². The highest BCUT2D eigenvalue weighted by Gasteiger charge is 2.44. The second kappa shape index (κ2) is 9.10. The molecule has 1 aliphatic heterocycles. The molecule has 1 unspecified atom stereocenters. The van der Waals surface area contributed by atoms with Crippen molar-refractivity contribution in [3.63, 3.8) is 0 Å². The van der Waals surface area contributed by atoms with Crippen molar-refractivity contribution in [3.05, 3.63) is 29.1 Å². The molecule has 34 heavy (non-hydrogen) atoms. The highest BCUT2D eigenvalue weighted by molar-refractivity contribution is 5.86. The molecular weight excluding hydrogens is 461 g/mol. The summed E-state index contributed by atoms with van der Waals surface area (Å²) in [6.45, 7) is 1.93. The summed E-state index contributed by atoms with van der Waals surface area (Å²) >= 11 is 0. The number of nitrogens with one attached hydrogen (secondary N) is 1. The molecule has 0 amide bonds. The summed E-state index contributed by atoms with van der Waals surface area (Å²) < 4.78 is 56.3. The average molecular weight is 480 g/mol. The summed E-state index contributed by atoms with van der Waals surface area (Å²) in [6, 6.07) is 1.40. The first kappa shape index (κ1) is 23.2. The van der Waals surface area contributed by atoms with Gasteiger partial charge in [0.15, 0.2) is 17.7 Å². The number of carbonyl (C=O) groups excluding carboxylic acids is 1. The predicted molar refractivity (Wildman–Crippen MR) is 112 cm³/mol. The highest BCUT2D eigenvalue weighted by Crippen LogP contribution is 2.30. The van der Waals surface area contributed by atoms with Crippen molar-refractivity contribution in [3.8, 4) is 23.5 Å². The molecule has 1 aliphatic rings. The molecule has 14 heteroatoms. The van der Waals surface area contributed by atoms with Gasteiger partial charge in [-0.15, -0.1) is 5.92 Å². The fourth-order valence-electron chi connectivity index (χ4n) is 3.55. The van der Waals surface area contributed by atoms with E-state index in [1.54, 1.807) is 13.0 Å². The molecule has 4 rings (SSSR count). The lowest BCUT2D eigenvalue weighted by Crippen LogP contribution is -2.54. The molecule has 0 aliphatic carbocycles. The third kappa shape index (κ3) is 4.17. The van der Waals surface area contributed by atoms with Gasteiger partial charge in [0.2, 0.25) is 0 Å². The summed E-state index contributed by atoms with van der Waals surface area (Å²) in [5.74, 6) is 3.22. The fraction of sp³-hybridized carbons (Fsp3) is 0.400. The molecule has 4 heterocycles. The molecule has 1 fully saturated rings. The second-order valence-electron chi connectivity index (χ2n) is 7.07. The summed E-state index contributed by atoms with van der Waals surface area (Å²) in [6.07, 6.45) is -3.82. The lowest BCUT2D eigenvalue weighted by molar-refractivity contribution is -0.205. The maximum atomic E-state index is 13.4. The van der Waals surface area contributed by atoms with E-state index in [0.717, 1.165) is 0 Å². The molecule has 3 aromatic heterocycles. The van der Waals surface area contributed by atoms with Crippen LogP contribution >= 0.6 is 0 Å². The number of furan rings is 1. The van der Waals surface area contributed by atoms with Crippen molar-refractivity contribution >= 4 is 23.0 Å². The van der Waals surface area contributed by atoms with E-state index in [9.17, 15) is 22.8 Å². The number of anilines is 1. The number of piperazine rings is 1. The van der Waals surface area contributed by atoms with E-state index >= 15 is 0 Å². The molecule has 11 nitrogen and oxygen atoms in total. The van der Waals surface area contributed by atoms with Crippen LogP contribution in [0.4, 0.5) is 19.0 Å². The third-order valence-corrected chi connectivity index (χ3v) is 5.03. The van der Waals surface area contributed by atoms with E-state index in [1.165, 1.54) is 33.7 Å². The first-order valence-corrected chi connectivity index (χ1v) is 10.0. The predicted octanol–water partition coefficient (Wildman–Crippen LogP) is 1.05. The van der Waals surface area contributed by atoms with E-state index in [-0.39, 0.29) is 42.6 Å². The van der Waals surface area contributed by atoms with Crippen LogP contribution in [-0.4, -0.2) is 64.2 Å². The van der Waals surface area contributed by atoms with Crippen LogP contribution in [0.15, 0.2) is 27.8 Å². The number of halogens is 3. The lowest BCUT2D eigenvalue weighted by atomic mass is 10.3. The number of hydrogen-bond acceptors (Lipinski definition) is 9. The highest BCUT2D eigenvalue weighted by atomic mass is 19.4. The molecule has 0 radical (unpaired) electrons. The SMILES string of the molecule is CC#CCn1c(=O)n(-c2ccoc2)c2nc(OC)nc(N3CCNCC3OC(=O)C(F)(F)F)c21. The van der Waals surface area contributed by atoms with Gasteiger partial charge in [-0.2, -0.15) is 23.1 Å². The van der Waals surface area contributed by atoms with Crippen molar-refractivity contribution in [2.24, 2.45) is 0 Å². The van der Waals surface area contributed by atoms with Crippen LogP contribution in [-0.2, 0) is 16.1 Å². The molecule has 0 saturated carbocycles. The van der Waals surface area contributed by atoms with Crippen LogP contribution in [0.25, 0.3) is 16.9 Å². The van der Waals surface area contributed by atoms with E-state index in [4.69, 9.17) is 13.9 Å². The van der Waals surface area contributed by atoms with Crippen molar-refractivity contribution in [1.82, 2.24) is 24.4 Å². The molecule has 180 valence electrons. The number of alkyl halides is 3. The Labute approximate surface area is 190 Å². The Balaban J connectivity index is 1.95.